The molecule has 0 saturated heterocycles. The molecule has 0 saturated carbocycles. The Kier molecular flexibility index (Phi) is 6.65. The van der Waals surface area contributed by atoms with Crippen molar-refractivity contribution in [1.82, 2.24) is 0 Å². The first kappa shape index (κ1) is 9.31. The smallest absolute Gasteiger partial charge is 0.0554 e. The van der Waals surface area contributed by atoms with Crippen LogP contribution in [0.4, 0.5) is 0 Å². The molecule has 1 unspecified atom stereocenters. The molecule has 9 heavy (non-hydrogen) atoms. The first-order valence-corrected chi connectivity index (χ1v) is 4.17. The molecule has 0 fully saturated rings. The lowest BCUT2D eigenvalue weighted by molar-refractivity contribution is 0.0650. The summed E-state index contributed by atoms with van der Waals surface area (Å²) in [6, 6.07) is 0. The third-order valence-corrected chi connectivity index (χ3v) is 1.40. The monoisotopic (exact) mass is 148 g/mol. The zero-order valence-electron chi connectivity index (χ0n) is 6.26. The lowest BCUT2D eigenvalue weighted by Crippen LogP contribution is -2.08. The maximum absolute atomic E-state index is 5.38. The van der Waals surface area contributed by atoms with E-state index in [9.17, 15) is 0 Å². The summed E-state index contributed by atoms with van der Waals surface area (Å²) < 4.78 is 5.38. The molecule has 0 aliphatic rings. The van der Waals surface area contributed by atoms with Gasteiger partial charge in [0.1, 0.15) is 0 Å². The molecule has 0 aromatic rings. The van der Waals surface area contributed by atoms with Crippen LogP contribution in [0.2, 0.25) is 0 Å². The number of hydrogen-bond acceptors (Lipinski definition) is 2. The molecular weight excluding hydrogens is 132 g/mol. The van der Waals surface area contributed by atoms with E-state index in [1.165, 1.54) is 0 Å². The van der Waals surface area contributed by atoms with E-state index in [1.54, 1.807) is 0 Å². The number of rotatable bonds is 5. The summed E-state index contributed by atoms with van der Waals surface area (Å²) in [5.41, 5.74) is 0. The summed E-state index contributed by atoms with van der Waals surface area (Å²) in [4.78, 5) is 0. The van der Waals surface area contributed by atoms with E-state index >= 15 is 0 Å². The highest BCUT2D eigenvalue weighted by Gasteiger charge is 1.97. The molecule has 0 spiro atoms. The maximum atomic E-state index is 5.38. The van der Waals surface area contributed by atoms with E-state index in [4.69, 9.17) is 4.74 Å². The summed E-state index contributed by atoms with van der Waals surface area (Å²) in [7, 11) is 0. The van der Waals surface area contributed by atoms with E-state index in [0.717, 1.165) is 25.2 Å². The van der Waals surface area contributed by atoms with E-state index in [1.807, 2.05) is 0 Å². The molecule has 0 N–H and O–H groups in total. The van der Waals surface area contributed by atoms with Crippen molar-refractivity contribution in [3.63, 3.8) is 0 Å². The fourth-order valence-electron chi connectivity index (χ4n) is 0.584. The Hall–Kier alpha value is 0.310. The SMILES string of the molecule is CCCOC(C)CCS. The second kappa shape index (κ2) is 6.43. The third-order valence-electron chi connectivity index (χ3n) is 1.14. The Balaban J connectivity index is 2.95. The molecule has 0 aliphatic heterocycles. The first-order chi connectivity index (χ1) is 4.31. The zero-order chi connectivity index (χ0) is 7.11. The first-order valence-electron chi connectivity index (χ1n) is 3.53. The standard InChI is InChI=1S/C7H16OS/c1-3-5-8-7(2)4-6-9/h7,9H,3-6H2,1-2H3. The van der Waals surface area contributed by atoms with Crippen molar-refractivity contribution in [1.29, 1.82) is 0 Å². The predicted molar refractivity (Wildman–Crippen MR) is 44.2 cm³/mol. The summed E-state index contributed by atoms with van der Waals surface area (Å²) in [5.74, 6) is 0.922. The predicted octanol–water partition coefficient (Wildman–Crippen LogP) is 2.12. The minimum Gasteiger partial charge on any atom is -0.378 e. The van der Waals surface area contributed by atoms with Gasteiger partial charge in [-0.05, 0) is 25.5 Å². The summed E-state index contributed by atoms with van der Waals surface area (Å²) in [6.45, 7) is 5.09. The molecule has 0 aromatic carbocycles. The largest absolute Gasteiger partial charge is 0.378 e. The van der Waals surface area contributed by atoms with Crippen LogP contribution in [0.5, 0.6) is 0 Å². The highest BCUT2D eigenvalue weighted by atomic mass is 32.1. The molecule has 0 radical (unpaired) electrons. The number of ether oxygens (including phenoxy) is 1. The minimum atomic E-state index is 0.391. The summed E-state index contributed by atoms with van der Waals surface area (Å²) in [5, 5.41) is 0. The van der Waals surface area contributed by atoms with Gasteiger partial charge in [0.15, 0.2) is 0 Å². The summed E-state index contributed by atoms with van der Waals surface area (Å²) in [6.07, 6.45) is 2.56. The van der Waals surface area contributed by atoms with Crippen molar-refractivity contribution in [3.05, 3.63) is 0 Å². The molecule has 0 aromatic heterocycles. The van der Waals surface area contributed by atoms with Gasteiger partial charge in [-0.25, -0.2) is 0 Å². The molecule has 2 heteroatoms. The van der Waals surface area contributed by atoms with Crippen LogP contribution in [-0.2, 0) is 4.74 Å². The Labute approximate surface area is 63.2 Å². The van der Waals surface area contributed by atoms with Crippen LogP contribution < -0.4 is 0 Å². The molecule has 0 aliphatic carbocycles. The normalized spacial score (nSPS) is 13.7. The van der Waals surface area contributed by atoms with Gasteiger partial charge in [-0.1, -0.05) is 6.92 Å². The van der Waals surface area contributed by atoms with Gasteiger partial charge in [-0.15, -0.1) is 0 Å². The van der Waals surface area contributed by atoms with Crippen LogP contribution in [0.15, 0.2) is 0 Å². The zero-order valence-corrected chi connectivity index (χ0v) is 7.16. The fourth-order valence-corrected chi connectivity index (χ4v) is 0.948. The molecule has 0 amide bonds. The van der Waals surface area contributed by atoms with Crippen molar-refractivity contribution in [2.45, 2.75) is 32.8 Å². The van der Waals surface area contributed by atoms with Crippen molar-refractivity contribution in [3.8, 4) is 0 Å². The van der Waals surface area contributed by atoms with Crippen LogP contribution in [0, 0.1) is 0 Å². The van der Waals surface area contributed by atoms with Gasteiger partial charge in [-0.2, -0.15) is 12.6 Å². The topological polar surface area (TPSA) is 9.23 Å². The van der Waals surface area contributed by atoms with Crippen LogP contribution in [0.25, 0.3) is 0 Å². The van der Waals surface area contributed by atoms with E-state index < -0.39 is 0 Å². The molecule has 1 nitrogen and oxygen atoms in total. The molecule has 1 atom stereocenters. The molecular formula is C7H16OS. The Morgan fingerprint density at radius 1 is 1.56 bits per heavy atom. The van der Waals surface area contributed by atoms with Gasteiger partial charge in [0.05, 0.1) is 6.10 Å². The summed E-state index contributed by atoms with van der Waals surface area (Å²) >= 11 is 4.10. The highest BCUT2D eigenvalue weighted by molar-refractivity contribution is 7.80. The van der Waals surface area contributed by atoms with E-state index in [-0.39, 0.29) is 0 Å². The average molecular weight is 148 g/mol. The third kappa shape index (κ3) is 6.19. The lowest BCUT2D eigenvalue weighted by atomic mass is 10.3. The Morgan fingerprint density at radius 3 is 2.67 bits per heavy atom. The fraction of sp³-hybridized carbons (Fsp3) is 1.00. The van der Waals surface area contributed by atoms with Crippen molar-refractivity contribution < 1.29 is 4.74 Å². The van der Waals surface area contributed by atoms with E-state index in [0.29, 0.717) is 6.10 Å². The Morgan fingerprint density at radius 2 is 2.22 bits per heavy atom. The van der Waals surface area contributed by atoms with Gasteiger partial charge >= 0.3 is 0 Å². The number of thiol groups is 1. The maximum Gasteiger partial charge on any atom is 0.0554 e. The second-order valence-electron chi connectivity index (χ2n) is 2.19. The van der Waals surface area contributed by atoms with Gasteiger partial charge in [0, 0.05) is 6.61 Å². The lowest BCUT2D eigenvalue weighted by Gasteiger charge is -2.09. The molecule has 0 rings (SSSR count). The van der Waals surface area contributed by atoms with Crippen LogP contribution >= 0.6 is 12.6 Å². The molecule has 0 bridgehead atoms. The number of hydrogen-bond donors (Lipinski definition) is 1. The van der Waals surface area contributed by atoms with Gasteiger partial charge in [0.25, 0.3) is 0 Å². The quantitative estimate of drug-likeness (QED) is 0.588. The van der Waals surface area contributed by atoms with Gasteiger partial charge in [0.2, 0.25) is 0 Å². The van der Waals surface area contributed by atoms with Crippen molar-refractivity contribution in [2.24, 2.45) is 0 Å². The van der Waals surface area contributed by atoms with Crippen LogP contribution in [0.1, 0.15) is 26.7 Å². The molecule has 56 valence electrons. The molecule has 0 heterocycles. The minimum absolute atomic E-state index is 0.391. The average Bonchev–Trinajstić information content (AvgIpc) is 1.85. The van der Waals surface area contributed by atoms with Crippen LogP contribution in [0.3, 0.4) is 0 Å². The van der Waals surface area contributed by atoms with Crippen LogP contribution in [-0.4, -0.2) is 18.5 Å². The Bertz CT molecular complexity index is 56.9. The highest BCUT2D eigenvalue weighted by Crippen LogP contribution is 1.98. The van der Waals surface area contributed by atoms with Crippen molar-refractivity contribution in [2.75, 3.05) is 12.4 Å². The van der Waals surface area contributed by atoms with Crippen molar-refractivity contribution >= 4 is 12.6 Å². The van der Waals surface area contributed by atoms with Gasteiger partial charge < -0.3 is 4.74 Å². The van der Waals surface area contributed by atoms with Gasteiger partial charge in [-0.3, -0.25) is 0 Å². The second-order valence-corrected chi connectivity index (χ2v) is 2.64. The van der Waals surface area contributed by atoms with E-state index in [2.05, 4.69) is 26.5 Å².